The number of aliphatic hydroxyl groups excluding tert-OH is 1. The van der Waals surface area contributed by atoms with E-state index in [2.05, 4.69) is 20.6 Å². The largest absolute Gasteiger partial charge is 0.483 e. The number of aliphatic hydroxyl groups is 1. The number of hydrogen-bond acceptors (Lipinski definition) is 5. The van der Waals surface area contributed by atoms with E-state index in [9.17, 15) is 14.7 Å². The Bertz CT molecular complexity index is 459. The minimum atomic E-state index is -0.910. The Kier molecular flexibility index (Phi) is 5.66. The summed E-state index contributed by atoms with van der Waals surface area (Å²) in [4.78, 5) is 38.4. The van der Waals surface area contributed by atoms with E-state index >= 15 is 0 Å². The van der Waals surface area contributed by atoms with Crippen molar-refractivity contribution in [3.63, 3.8) is 0 Å². The third-order valence-electron chi connectivity index (χ3n) is 2.67. The molecule has 0 aromatic carbocycles. The molecule has 1 saturated heterocycles. The van der Waals surface area contributed by atoms with Crippen molar-refractivity contribution in [3.05, 3.63) is 18.2 Å². The van der Waals surface area contributed by atoms with Crippen LogP contribution in [0.1, 0.15) is 12.6 Å². The fourth-order valence-corrected chi connectivity index (χ4v) is 1.75. The molecule has 0 aliphatic carbocycles. The van der Waals surface area contributed by atoms with E-state index in [1.54, 1.807) is 6.20 Å². The molecule has 0 radical (unpaired) electrons. The Morgan fingerprint density at radius 1 is 1.40 bits per heavy atom. The summed E-state index contributed by atoms with van der Waals surface area (Å²) >= 11 is 0. The zero-order valence-electron chi connectivity index (χ0n) is 10.7. The summed E-state index contributed by atoms with van der Waals surface area (Å²) in [5.74, 6) is -0.672. The van der Waals surface area contributed by atoms with Crippen molar-refractivity contribution in [2.75, 3.05) is 0 Å². The molecule has 0 bridgehead atoms. The van der Waals surface area contributed by atoms with Gasteiger partial charge in [0, 0.05) is 18.3 Å². The summed E-state index contributed by atoms with van der Waals surface area (Å²) in [5, 5.41) is 21.3. The Balaban J connectivity index is 0.000000612. The Labute approximate surface area is 114 Å². The lowest BCUT2D eigenvalue weighted by Crippen LogP contribution is -2.65. The highest BCUT2D eigenvalue weighted by molar-refractivity contribution is 5.97. The van der Waals surface area contributed by atoms with Gasteiger partial charge in [0.05, 0.1) is 12.4 Å². The predicted molar refractivity (Wildman–Crippen MR) is 66.5 cm³/mol. The number of carbonyl (C=O) groups is 3. The Morgan fingerprint density at radius 3 is 2.55 bits per heavy atom. The van der Waals surface area contributed by atoms with Crippen LogP contribution < -0.4 is 10.6 Å². The first-order valence-electron chi connectivity index (χ1n) is 5.83. The molecule has 5 N–H and O–H groups in total. The molecule has 9 heteroatoms. The molecule has 1 aliphatic heterocycles. The third kappa shape index (κ3) is 4.05. The number of piperazine rings is 1. The van der Waals surface area contributed by atoms with Crippen molar-refractivity contribution in [2.24, 2.45) is 0 Å². The number of rotatable bonds is 3. The maximum atomic E-state index is 11.7. The molecular formula is C11H16N4O5. The average molecular weight is 284 g/mol. The maximum Gasteiger partial charge on any atom is 0.290 e. The minimum absolute atomic E-state index is 0.250. The summed E-state index contributed by atoms with van der Waals surface area (Å²) in [6.07, 6.45) is 2.55. The van der Waals surface area contributed by atoms with Crippen LogP contribution in [0.2, 0.25) is 0 Å². The van der Waals surface area contributed by atoms with Crippen LogP contribution in [0.3, 0.4) is 0 Å². The van der Waals surface area contributed by atoms with E-state index in [1.807, 2.05) is 0 Å². The van der Waals surface area contributed by atoms with Crippen LogP contribution in [0.15, 0.2) is 12.5 Å². The number of imidazole rings is 1. The van der Waals surface area contributed by atoms with E-state index in [-0.39, 0.29) is 18.3 Å². The second kappa shape index (κ2) is 7.24. The van der Waals surface area contributed by atoms with E-state index in [1.165, 1.54) is 13.3 Å². The molecule has 0 spiro atoms. The molecule has 2 rings (SSSR count). The van der Waals surface area contributed by atoms with Crippen LogP contribution in [0.4, 0.5) is 0 Å². The number of nitrogens with zero attached hydrogens (tertiary/aromatic N) is 1. The molecule has 2 amide bonds. The molecule has 3 atom stereocenters. The summed E-state index contributed by atoms with van der Waals surface area (Å²) in [6.45, 7) is 1.21. The lowest BCUT2D eigenvalue weighted by molar-refractivity contribution is -0.139. The van der Waals surface area contributed by atoms with Gasteiger partial charge in [0.25, 0.3) is 6.47 Å². The van der Waals surface area contributed by atoms with Crippen LogP contribution in [0.5, 0.6) is 0 Å². The quantitative estimate of drug-likeness (QED) is 0.407. The standard InChI is InChI=1S/C10H14N4O3.CH2O2/c1-5(15)8-10(17)13-7(9(16)14-8)2-6-3-11-4-12-6;2-1-3/h3-5,7-8,15H,2H2,1H3,(H,11,12)(H,13,17)(H,14,16);1H,(H,2,3)/t5-,7+,8+;/m1./s1. The highest BCUT2D eigenvalue weighted by atomic mass is 16.3. The topological polar surface area (TPSA) is 144 Å². The Morgan fingerprint density at radius 2 is 2.05 bits per heavy atom. The molecule has 2 heterocycles. The summed E-state index contributed by atoms with van der Waals surface area (Å²) < 4.78 is 0. The van der Waals surface area contributed by atoms with Crippen molar-refractivity contribution in [2.45, 2.75) is 31.5 Å². The van der Waals surface area contributed by atoms with Gasteiger partial charge in [-0.2, -0.15) is 0 Å². The number of hydrogen-bond donors (Lipinski definition) is 5. The van der Waals surface area contributed by atoms with Gasteiger partial charge in [-0.05, 0) is 6.92 Å². The van der Waals surface area contributed by atoms with Gasteiger partial charge in [-0.1, -0.05) is 0 Å². The Hall–Kier alpha value is -2.42. The lowest BCUT2D eigenvalue weighted by atomic mass is 10.0. The normalized spacial score (nSPS) is 22.9. The highest BCUT2D eigenvalue weighted by Gasteiger charge is 2.36. The number of aromatic amines is 1. The first-order chi connectivity index (χ1) is 9.49. The summed E-state index contributed by atoms with van der Waals surface area (Å²) in [5.41, 5.74) is 0.765. The monoisotopic (exact) mass is 284 g/mol. The van der Waals surface area contributed by atoms with Crippen LogP contribution in [-0.2, 0) is 20.8 Å². The van der Waals surface area contributed by atoms with Crippen LogP contribution >= 0.6 is 0 Å². The van der Waals surface area contributed by atoms with Gasteiger partial charge in [-0.15, -0.1) is 0 Å². The van der Waals surface area contributed by atoms with Crippen molar-refractivity contribution in [1.82, 2.24) is 20.6 Å². The molecule has 0 unspecified atom stereocenters. The SMILES string of the molecule is C[C@@H](O)[C@@H]1NC(=O)[C@H](Cc2cnc[nH]2)NC1=O.O=CO. The number of carbonyl (C=O) groups excluding carboxylic acids is 2. The lowest BCUT2D eigenvalue weighted by Gasteiger charge is -2.30. The van der Waals surface area contributed by atoms with Gasteiger partial charge in [0.1, 0.15) is 12.1 Å². The van der Waals surface area contributed by atoms with E-state index in [0.717, 1.165) is 5.69 Å². The van der Waals surface area contributed by atoms with Gasteiger partial charge in [0.15, 0.2) is 0 Å². The first kappa shape index (κ1) is 15.6. The summed E-state index contributed by atoms with van der Waals surface area (Å²) in [7, 11) is 0. The van der Waals surface area contributed by atoms with Crippen LogP contribution in [-0.4, -0.2) is 56.7 Å². The summed E-state index contributed by atoms with van der Waals surface area (Å²) in [6, 6.07) is -1.50. The van der Waals surface area contributed by atoms with Gasteiger partial charge in [0.2, 0.25) is 11.8 Å². The molecule has 1 aromatic heterocycles. The maximum absolute atomic E-state index is 11.7. The third-order valence-corrected chi connectivity index (χ3v) is 2.67. The smallest absolute Gasteiger partial charge is 0.290 e. The highest BCUT2D eigenvalue weighted by Crippen LogP contribution is 2.06. The number of amides is 2. The fraction of sp³-hybridized carbons (Fsp3) is 0.455. The predicted octanol–water partition coefficient (Wildman–Crippen LogP) is -1.98. The van der Waals surface area contributed by atoms with Gasteiger partial charge in [-0.25, -0.2) is 4.98 Å². The second-order valence-electron chi connectivity index (χ2n) is 4.17. The molecular weight excluding hydrogens is 268 g/mol. The number of carboxylic acid groups (broad SMARTS) is 1. The van der Waals surface area contributed by atoms with E-state index in [0.29, 0.717) is 6.42 Å². The van der Waals surface area contributed by atoms with E-state index in [4.69, 9.17) is 9.90 Å². The second-order valence-corrected chi connectivity index (χ2v) is 4.17. The number of nitrogens with one attached hydrogen (secondary N) is 3. The fourth-order valence-electron chi connectivity index (χ4n) is 1.75. The van der Waals surface area contributed by atoms with Crippen molar-refractivity contribution >= 4 is 18.3 Å². The van der Waals surface area contributed by atoms with Crippen LogP contribution in [0, 0.1) is 0 Å². The molecule has 9 nitrogen and oxygen atoms in total. The van der Waals surface area contributed by atoms with Gasteiger partial charge in [-0.3, -0.25) is 14.4 Å². The zero-order chi connectivity index (χ0) is 15.1. The average Bonchev–Trinajstić information content (AvgIpc) is 2.87. The van der Waals surface area contributed by atoms with Crippen molar-refractivity contribution in [3.8, 4) is 0 Å². The number of aromatic nitrogens is 2. The van der Waals surface area contributed by atoms with E-state index < -0.39 is 18.2 Å². The molecule has 110 valence electrons. The minimum Gasteiger partial charge on any atom is -0.483 e. The zero-order valence-corrected chi connectivity index (χ0v) is 10.7. The van der Waals surface area contributed by atoms with Gasteiger partial charge >= 0.3 is 0 Å². The number of H-pyrrole nitrogens is 1. The molecule has 1 aromatic rings. The van der Waals surface area contributed by atoms with Crippen LogP contribution in [0.25, 0.3) is 0 Å². The molecule has 20 heavy (non-hydrogen) atoms. The van der Waals surface area contributed by atoms with Crippen molar-refractivity contribution < 1.29 is 24.6 Å². The van der Waals surface area contributed by atoms with Crippen molar-refractivity contribution in [1.29, 1.82) is 0 Å². The van der Waals surface area contributed by atoms with Gasteiger partial charge < -0.3 is 25.8 Å². The molecule has 0 saturated carbocycles. The molecule has 1 fully saturated rings. The first-order valence-corrected chi connectivity index (χ1v) is 5.83. The molecule has 1 aliphatic rings.